The van der Waals surface area contributed by atoms with Crippen molar-refractivity contribution in [1.29, 1.82) is 0 Å². The van der Waals surface area contributed by atoms with Crippen molar-refractivity contribution in [3.05, 3.63) is 35.6 Å². The summed E-state index contributed by atoms with van der Waals surface area (Å²) in [4.78, 5) is 13.9. The molecule has 0 unspecified atom stereocenters. The Kier molecular flexibility index (Phi) is 3.19. The highest BCUT2D eigenvalue weighted by Gasteiger charge is 2.27. The lowest BCUT2D eigenvalue weighted by atomic mass is 10.1. The molecule has 86 valence electrons. The van der Waals surface area contributed by atoms with Crippen LogP contribution >= 0.6 is 0 Å². The van der Waals surface area contributed by atoms with Crippen LogP contribution in [0.2, 0.25) is 0 Å². The molecule has 1 aliphatic heterocycles. The third-order valence-corrected chi connectivity index (χ3v) is 2.87. The zero-order valence-electron chi connectivity index (χ0n) is 9.24. The molecule has 1 aliphatic rings. The van der Waals surface area contributed by atoms with Crippen LogP contribution in [0.1, 0.15) is 17.3 Å². The molecule has 0 aliphatic carbocycles. The summed E-state index contributed by atoms with van der Waals surface area (Å²) in [5, 5.41) is 3.13. The number of carbonyl (C=O) groups is 1. The third-order valence-electron chi connectivity index (χ3n) is 2.87. The van der Waals surface area contributed by atoms with E-state index in [1.54, 1.807) is 17.0 Å². The van der Waals surface area contributed by atoms with E-state index in [9.17, 15) is 9.18 Å². The zero-order chi connectivity index (χ0) is 11.5. The summed E-state index contributed by atoms with van der Waals surface area (Å²) in [5.41, 5.74) is 0.425. The second-order valence-corrected chi connectivity index (χ2v) is 3.91. The predicted octanol–water partition coefficient (Wildman–Crippen LogP) is 1.26. The summed E-state index contributed by atoms with van der Waals surface area (Å²) >= 11 is 0. The molecule has 1 aromatic carbocycles. The summed E-state index contributed by atoms with van der Waals surface area (Å²) in [6.07, 6.45) is 0. The Labute approximate surface area is 94.3 Å². The average Bonchev–Trinajstić information content (AvgIpc) is 2.22. The standard InChI is InChI=1S/C12H15FN2O/c1-2-15(11-7-14-8-11)12(16)9-4-3-5-10(13)6-9/h3-6,11,14H,2,7-8H2,1H3. The van der Waals surface area contributed by atoms with Gasteiger partial charge in [-0.1, -0.05) is 6.07 Å². The Balaban J connectivity index is 2.16. The molecule has 1 fully saturated rings. The molecular formula is C12H15FN2O. The normalized spacial score (nSPS) is 15.6. The molecule has 1 N–H and O–H groups in total. The molecule has 1 saturated heterocycles. The first-order chi connectivity index (χ1) is 7.72. The minimum Gasteiger partial charge on any atom is -0.333 e. The summed E-state index contributed by atoms with van der Waals surface area (Å²) in [5.74, 6) is -0.456. The van der Waals surface area contributed by atoms with Crippen LogP contribution in [-0.2, 0) is 0 Å². The highest BCUT2D eigenvalue weighted by molar-refractivity contribution is 5.94. The van der Waals surface area contributed by atoms with Crippen LogP contribution in [0.25, 0.3) is 0 Å². The molecule has 3 nitrogen and oxygen atoms in total. The topological polar surface area (TPSA) is 32.3 Å². The van der Waals surface area contributed by atoms with Crippen molar-refractivity contribution < 1.29 is 9.18 Å². The third kappa shape index (κ3) is 2.07. The summed E-state index contributed by atoms with van der Waals surface area (Å²) in [7, 11) is 0. The van der Waals surface area contributed by atoms with Crippen LogP contribution < -0.4 is 5.32 Å². The van der Waals surface area contributed by atoms with E-state index >= 15 is 0 Å². The van der Waals surface area contributed by atoms with Crippen molar-refractivity contribution in [3.8, 4) is 0 Å². The number of likely N-dealkylation sites (N-methyl/N-ethyl adjacent to an activating group) is 1. The number of hydrogen-bond acceptors (Lipinski definition) is 2. The largest absolute Gasteiger partial charge is 0.333 e. The van der Waals surface area contributed by atoms with Crippen LogP contribution in [0.3, 0.4) is 0 Å². The van der Waals surface area contributed by atoms with Gasteiger partial charge in [0.15, 0.2) is 0 Å². The second kappa shape index (κ2) is 4.61. The van der Waals surface area contributed by atoms with Gasteiger partial charge in [0, 0.05) is 25.2 Å². The van der Waals surface area contributed by atoms with E-state index in [-0.39, 0.29) is 17.8 Å². The van der Waals surface area contributed by atoms with Gasteiger partial charge in [-0.2, -0.15) is 0 Å². The van der Waals surface area contributed by atoms with Gasteiger partial charge in [-0.25, -0.2) is 4.39 Å². The number of halogens is 1. The fourth-order valence-electron chi connectivity index (χ4n) is 1.85. The zero-order valence-corrected chi connectivity index (χ0v) is 9.24. The van der Waals surface area contributed by atoms with E-state index in [0.29, 0.717) is 12.1 Å². The molecule has 0 saturated carbocycles. The van der Waals surface area contributed by atoms with Gasteiger partial charge in [0.25, 0.3) is 5.91 Å². The van der Waals surface area contributed by atoms with Gasteiger partial charge < -0.3 is 10.2 Å². The number of benzene rings is 1. The Hall–Kier alpha value is -1.42. The van der Waals surface area contributed by atoms with Gasteiger partial charge in [-0.05, 0) is 25.1 Å². The van der Waals surface area contributed by atoms with Crippen molar-refractivity contribution >= 4 is 5.91 Å². The van der Waals surface area contributed by atoms with Crippen LogP contribution in [0.4, 0.5) is 4.39 Å². The summed E-state index contributed by atoms with van der Waals surface area (Å²) in [6, 6.07) is 6.10. The predicted molar refractivity (Wildman–Crippen MR) is 59.8 cm³/mol. The Morgan fingerprint density at radius 1 is 1.56 bits per heavy atom. The molecular weight excluding hydrogens is 207 g/mol. The van der Waals surface area contributed by atoms with Crippen molar-refractivity contribution in [2.75, 3.05) is 19.6 Å². The van der Waals surface area contributed by atoms with Gasteiger partial charge in [0.05, 0.1) is 6.04 Å². The van der Waals surface area contributed by atoms with E-state index in [4.69, 9.17) is 0 Å². The van der Waals surface area contributed by atoms with Gasteiger partial charge in [0.2, 0.25) is 0 Å². The quantitative estimate of drug-likeness (QED) is 0.835. The first-order valence-electron chi connectivity index (χ1n) is 5.49. The lowest BCUT2D eigenvalue weighted by Gasteiger charge is -2.37. The average molecular weight is 222 g/mol. The number of carbonyl (C=O) groups excluding carboxylic acids is 1. The van der Waals surface area contributed by atoms with E-state index < -0.39 is 0 Å². The maximum Gasteiger partial charge on any atom is 0.254 e. The highest BCUT2D eigenvalue weighted by atomic mass is 19.1. The first kappa shape index (κ1) is 11.1. The van der Waals surface area contributed by atoms with Crippen molar-refractivity contribution in [2.24, 2.45) is 0 Å². The molecule has 1 aromatic rings. The lowest BCUT2D eigenvalue weighted by molar-refractivity contribution is 0.0629. The van der Waals surface area contributed by atoms with Crippen LogP contribution in [0.15, 0.2) is 24.3 Å². The summed E-state index contributed by atoms with van der Waals surface area (Å²) < 4.78 is 13.0. The Bertz CT molecular complexity index is 390. The van der Waals surface area contributed by atoms with E-state index in [2.05, 4.69) is 5.32 Å². The molecule has 16 heavy (non-hydrogen) atoms. The monoisotopic (exact) mass is 222 g/mol. The molecule has 0 radical (unpaired) electrons. The highest BCUT2D eigenvalue weighted by Crippen LogP contribution is 2.12. The number of amides is 1. The number of rotatable bonds is 3. The van der Waals surface area contributed by atoms with Crippen LogP contribution in [0, 0.1) is 5.82 Å². The molecule has 0 atom stereocenters. The Morgan fingerprint density at radius 3 is 2.81 bits per heavy atom. The molecule has 0 bridgehead atoms. The van der Waals surface area contributed by atoms with Crippen LogP contribution in [0.5, 0.6) is 0 Å². The smallest absolute Gasteiger partial charge is 0.254 e. The lowest BCUT2D eigenvalue weighted by Crippen LogP contribution is -2.58. The molecule has 1 amide bonds. The minimum atomic E-state index is -0.367. The van der Waals surface area contributed by atoms with E-state index in [0.717, 1.165) is 13.1 Å². The van der Waals surface area contributed by atoms with Gasteiger partial charge in [0.1, 0.15) is 5.82 Å². The van der Waals surface area contributed by atoms with Gasteiger partial charge in [-0.15, -0.1) is 0 Å². The molecule has 0 aromatic heterocycles. The van der Waals surface area contributed by atoms with Crippen LogP contribution in [-0.4, -0.2) is 36.5 Å². The van der Waals surface area contributed by atoms with E-state index in [1.165, 1.54) is 12.1 Å². The fraction of sp³-hybridized carbons (Fsp3) is 0.417. The van der Waals surface area contributed by atoms with Gasteiger partial charge in [-0.3, -0.25) is 4.79 Å². The molecule has 1 heterocycles. The minimum absolute atomic E-state index is 0.0894. The van der Waals surface area contributed by atoms with E-state index in [1.807, 2.05) is 6.92 Å². The fourth-order valence-corrected chi connectivity index (χ4v) is 1.85. The number of nitrogens with zero attached hydrogens (tertiary/aromatic N) is 1. The van der Waals surface area contributed by atoms with Crippen molar-refractivity contribution in [1.82, 2.24) is 10.2 Å². The second-order valence-electron chi connectivity index (χ2n) is 3.91. The van der Waals surface area contributed by atoms with Crippen molar-refractivity contribution in [2.45, 2.75) is 13.0 Å². The van der Waals surface area contributed by atoms with Gasteiger partial charge >= 0.3 is 0 Å². The van der Waals surface area contributed by atoms with Crippen molar-refractivity contribution in [3.63, 3.8) is 0 Å². The first-order valence-corrected chi connectivity index (χ1v) is 5.49. The maximum atomic E-state index is 13.0. The summed E-state index contributed by atoms with van der Waals surface area (Å²) in [6.45, 7) is 4.25. The molecule has 4 heteroatoms. The maximum absolute atomic E-state index is 13.0. The molecule has 0 spiro atoms. The SMILES string of the molecule is CCN(C(=O)c1cccc(F)c1)C1CNC1. The Morgan fingerprint density at radius 2 is 2.31 bits per heavy atom. The number of hydrogen-bond donors (Lipinski definition) is 1. The molecule has 2 rings (SSSR count). The number of nitrogens with one attached hydrogen (secondary N) is 1.